The van der Waals surface area contributed by atoms with E-state index in [0.717, 1.165) is 24.6 Å². The summed E-state index contributed by atoms with van der Waals surface area (Å²) in [5.41, 5.74) is 4.72. The Balaban J connectivity index is 2.24. The van der Waals surface area contributed by atoms with Crippen molar-refractivity contribution in [3.05, 3.63) is 45.8 Å². The highest BCUT2D eigenvalue weighted by molar-refractivity contribution is 7.99. The van der Waals surface area contributed by atoms with Gasteiger partial charge in [-0.05, 0) is 24.6 Å². The van der Waals surface area contributed by atoms with Crippen LogP contribution in [0.2, 0.25) is 0 Å². The number of amides is 1. The number of aromatic nitrogens is 2. The molecule has 2 rings (SSSR count). The van der Waals surface area contributed by atoms with Crippen molar-refractivity contribution in [3.63, 3.8) is 0 Å². The van der Waals surface area contributed by atoms with E-state index in [1.54, 1.807) is 0 Å². The Labute approximate surface area is 140 Å². The Morgan fingerprint density at radius 3 is 2.71 bits per heavy atom. The molecule has 0 fully saturated rings. The van der Waals surface area contributed by atoms with E-state index in [4.69, 9.17) is 5.73 Å². The van der Waals surface area contributed by atoms with Crippen LogP contribution < -0.4 is 16.6 Å². The van der Waals surface area contributed by atoms with Gasteiger partial charge in [-0.2, -0.15) is 0 Å². The number of benzene rings is 1. The van der Waals surface area contributed by atoms with Crippen molar-refractivity contribution >= 4 is 29.2 Å². The van der Waals surface area contributed by atoms with E-state index in [1.165, 1.54) is 11.8 Å². The Morgan fingerprint density at radius 2 is 2.12 bits per heavy atom. The first-order valence-corrected chi connectivity index (χ1v) is 8.02. The zero-order valence-corrected chi connectivity index (χ0v) is 13.8. The minimum atomic E-state index is -1.16. The van der Waals surface area contributed by atoms with Crippen LogP contribution >= 0.6 is 11.8 Å². The third-order valence-corrected chi connectivity index (χ3v) is 4.39. The summed E-state index contributed by atoms with van der Waals surface area (Å²) in [6.07, 6.45) is 0.878. The molecule has 0 radical (unpaired) electrons. The normalized spacial score (nSPS) is 12.0. The van der Waals surface area contributed by atoms with Crippen LogP contribution in [0.3, 0.4) is 0 Å². The van der Waals surface area contributed by atoms with Crippen LogP contribution in [-0.4, -0.2) is 21.1 Å². The quantitative estimate of drug-likeness (QED) is 0.566. The van der Waals surface area contributed by atoms with Crippen molar-refractivity contribution in [3.8, 4) is 0 Å². The Bertz CT molecular complexity index is 826. The summed E-state index contributed by atoms with van der Waals surface area (Å²) in [5.74, 6) is -3.18. The van der Waals surface area contributed by atoms with E-state index < -0.39 is 23.1 Å². The molecule has 0 aliphatic carbocycles. The lowest BCUT2D eigenvalue weighted by molar-refractivity contribution is 0.102. The van der Waals surface area contributed by atoms with Crippen LogP contribution in [0.5, 0.6) is 0 Å². The molecule has 0 saturated heterocycles. The standard InChI is InChI=1S/C15H16F2N4O2S/c1-3-7(2)24-15-20-12(18)11(14(23)21-15)19-13(22)8-4-5-9(16)10(17)6-8/h4-7H,3H2,1-2H3,(H,19,22)(H3,18,20,21,23)/t7-/m1/s1. The minimum Gasteiger partial charge on any atom is -0.382 e. The molecular weight excluding hydrogens is 338 g/mol. The molecule has 4 N–H and O–H groups in total. The van der Waals surface area contributed by atoms with Gasteiger partial charge < -0.3 is 11.1 Å². The molecule has 0 aliphatic rings. The van der Waals surface area contributed by atoms with Crippen molar-refractivity contribution in [2.75, 3.05) is 11.1 Å². The summed E-state index contributed by atoms with van der Waals surface area (Å²) in [7, 11) is 0. The fraction of sp³-hybridized carbons (Fsp3) is 0.267. The van der Waals surface area contributed by atoms with E-state index in [1.807, 2.05) is 13.8 Å². The van der Waals surface area contributed by atoms with Crippen molar-refractivity contribution < 1.29 is 13.6 Å². The fourth-order valence-electron chi connectivity index (χ4n) is 1.74. The number of rotatable bonds is 5. The van der Waals surface area contributed by atoms with Crippen LogP contribution in [0.1, 0.15) is 30.6 Å². The average molecular weight is 354 g/mol. The summed E-state index contributed by atoms with van der Waals surface area (Å²) < 4.78 is 26.1. The molecule has 0 spiro atoms. The molecule has 1 atom stereocenters. The van der Waals surface area contributed by atoms with Gasteiger partial charge in [0.25, 0.3) is 11.5 Å². The molecule has 9 heteroatoms. The first-order valence-electron chi connectivity index (χ1n) is 7.14. The van der Waals surface area contributed by atoms with Crippen LogP contribution in [-0.2, 0) is 0 Å². The lowest BCUT2D eigenvalue weighted by Crippen LogP contribution is -2.23. The maximum atomic E-state index is 13.2. The largest absolute Gasteiger partial charge is 0.382 e. The van der Waals surface area contributed by atoms with Crippen molar-refractivity contribution in [2.24, 2.45) is 0 Å². The topological polar surface area (TPSA) is 101 Å². The number of anilines is 2. The second-order valence-corrected chi connectivity index (χ2v) is 6.48. The van der Waals surface area contributed by atoms with Gasteiger partial charge in [-0.15, -0.1) is 0 Å². The van der Waals surface area contributed by atoms with Crippen LogP contribution in [0.15, 0.2) is 28.2 Å². The van der Waals surface area contributed by atoms with Crippen molar-refractivity contribution in [1.82, 2.24) is 9.97 Å². The second-order valence-electron chi connectivity index (χ2n) is 5.05. The molecule has 6 nitrogen and oxygen atoms in total. The summed E-state index contributed by atoms with van der Waals surface area (Å²) in [5, 5.41) is 2.84. The maximum absolute atomic E-state index is 13.2. The highest BCUT2D eigenvalue weighted by Gasteiger charge is 2.16. The van der Waals surface area contributed by atoms with Crippen molar-refractivity contribution in [1.29, 1.82) is 0 Å². The van der Waals surface area contributed by atoms with Gasteiger partial charge in [0.1, 0.15) is 5.69 Å². The van der Waals surface area contributed by atoms with Crippen LogP contribution in [0, 0.1) is 11.6 Å². The van der Waals surface area contributed by atoms with Gasteiger partial charge in [-0.3, -0.25) is 14.6 Å². The monoisotopic (exact) mass is 354 g/mol. The first-order chi connectivity index (χ1) is 11.3. The SMILES string of the molecule is CC[C@@H](C)Sc1nc(N)c(NC(=O)c2ccc(F)c(F)c2)c(=O)[nH]1. The molecule has 24 heavy (non-hydrogen) atoms. The number of nitrogen functional groups attached to an aromatic ring is 1. The molecule has 0 aliphatic heterocycles. The molecule has 2 aromatic rings. The van der Waals surface area contributed by atoms with Gasteiger partial charge in [0.2, 0.25) is 0 Å². The molecule has 1 amide bonds. The summed E-state index contributed by atoms with van der Waals surface area (Å²) >= 11 is 1.35. The van der Waals surface area contributed by atoms with E-state index in [9.17, 15) is 18.4 Å². The molecule has 1 aromatic carbocycles. The van der Waals surface area contributed by atoms with Crippen molar-refractivity contribution in [2.45, 2.75) is 30.7 Å². The molecule has 128 valence electrons. The number of aromatic amines is 1. The van der Waals surface area contributed by atoms with Crippen LogP contribution in [0.25, 0.3) is 0 Å². The predicted octanol–water partition coefficient (Wildman–Crippen LogP) is 2.77. The number of carbonyl (C=O) groups is 1. The third-order valence-electron chi connectivity index (χ3n) is 3.23. The van der Waals surface area contributed by atoms with E-state index >= 15 is 0 Å². The molecule has 0 saturated carbocycles. The Morgan fingerprint density at radius 1 is 1.42 bits per heavy atom. The number of hydrogen-bond donors (Lipinski definition) is 3. The van der Waals surface area contributed by atoms with Crippen LogP contribution in [0.4, 0.5) is 20.3 Å². The van der Waals surface area contributed by atoms with Gasteiger partial charge in [0, 0.05) is 10.8 Å². The number of H-pyrrole nitrogens is 1. The van der Waals surface area contributed by atoms with E-state index in [2.05, 4.69) is 15.3 Å². The highest BCUT2D eigenvalue weighted by Crippen LogP contribution is 2.23. The fourth-order valence-corrected chi connectivity index (χ4v) is 2.59. The average Bonchev–Trinajstić information content (AvgIpc) is 2.53. The number of nitrogens with one attached hydrogen (secondary N) is 2. The third kappa shape index (κ3) is 4.10. The zero-order valence-electron chi connectivity index (χ0n) is 13.0. The first kappa shape index (κ1) is 17.9. The summed E-state index contributed by atoms with van der Waals surface area (Å²) in [6.45, 7) is 3.97. The zero-order chi connectivity index (χ0) is 17.9. The molecular formula is C15H16F2N4O2S. The van der Waals surface area contributed by atoms with Gasteiger partial charge in [0.05, 0.1) is 0 Å². The smallest absolute Gasteiger partial charge is 0.277 e. The number of halogens is 2. The minimum absolute atomic E-state index is 0.147. The van der Waals surface area contributed by atoms with E-state index in [-0.39, 0.29) is 22.3 Å². The number of nitrogens with two attached hydrogens (primary N) is 1. The lowest BCUT2D eigenvalue weighted by Gasteiger charge is -2.10. The number of nitrogens with zero attached hydrogens (tertiary/aromatic N) is 1. The molecule has 1 heterocycles. The number of hydrogen-bond acceptors (Lipinski definition) is 5. The molecule has 0 bridgehead atoms. The number of carbonyl (C=O) groups excluding carboxylic acids is 1. The number of thioether (sulfide) groups is 1. The highest BCUT2D eigenvalue weighted by atomic mass is 32.2. The molecule has 0 unspecified atom stereocenters. The van der Waals surface area contributed by atoms with E-state index in [0.29, 0.717) is 5.16 Å². The Kier molecular flexibility index (Phi) is 5.55. The van der Waals surface area contributed by atoms with Gasteiger partial charge in [-0.25, -0.2) is 13.8 Å². The predicted molar refractivity (Wildman–Crippen MR) is 89.2 cm³/mol. The summed E-state index contributed by atoms with van der Waals surface area (Å²) in [4.78, 5) is 30.7. The van der Waals surface area contributed by atoms with Gasteiger partial charge in [-0.1, -0.05) is 25.6 Å². The second kappa shape index (κ2) is 7.43. The summed E-state index contributed by atoms with van der Waals surface area (Å²) in [6, 6.07) is 2.65. The van der Waals surface area contributed by atoms with Gasteiger partial charge >= 0.3 is 0 Å². The Hall–Kier alpha value is -2.42. The van der Waals surface area contributed by atoms with Gasteiger partial charge in [0.15, 0.2) is 22.6 Å². The lowest BCUT2D eigenvalue weighted by atomic mass is 10.2. The molecule has 1 aromatic heterocycles. The maximum Gasteiger partial charge on any atom is 0.277 e.